The summed E-state index contributed by atoms with van der Waals surface area (Å²) in [7, 11) is 0. The molecule has 0 saturated heterocycles. The Kier molecular flexibility index (Phi) is 4.75. The van der Waals surface area contributed by atoms with Crippen LogP contribution < -0.4 is 10.6 Å². The minimum atomic E-state index is -0.0683. The summed E-state index contributed by atoms with van der Waals surface area (Å²) in [5.41, 5.74) is 3.88. The molecule has 21 heavy (non-hydrogen) atoms. The smallest absolute Gasteiger partial charge is 0.221 e. The molecule has 2 rings (SSSR count). The Morgan fingerprint density at radius 3 is 2.67 bits per heavy atom. The maximum atomic E-state index is 11.2. The molecule has 0 aliphatic carbocycles. The molecular weight excluding hydrogens is 266 g/mol. The highest BCUT2D eigenvalue weighted by Crippen LogP contribution is 2.22. The highest BCUT2D eigenvalue weighted by molar-refractivity contribution is 5.89. The lowest BCUT2D eigenvalue weighted by molar-refractivity contribution is -0.114. The molecule has 1 unspecified atom stereocenters. The summed E-state index contributed by atoms with van der Waals surface area (Å²) < 4.78 is 5.20. The van der Waals surface area contributed by atoms with E-state index < -0.39 is 0 Å². The Balaban J connectivity index is 2.08. The average molecular weight is 287 g/mol. The van der Waals surface area contributed by atoms with Gasteiger partial charge in [0.1, 0.15) is 5.76 Å². The number of anilines is 1. The minimum Gasteiger partial charge on any atom is -0.361 e. The van der Waals surface area contributed by atoms with Gasteiger partial charge < -0.3 is 15.2 Å². The van der Waals surface area contributed by atoms with Crippen molar-refractivity contribution in [2.75, 3.05) is 5.32 Å². The summed E-state index contributed by atoms with van der Waals surface area (Å²) in [5.74, 6) is 0.767. The summed E-state index contributed by atoms with van der Waals surface area (Å²) >= 11 is 0. The fraction of sp³-hybridized carbons (Fsp3) is 0.375. The Hall–Kier alpha value is -2.14. The van der Waals surface area contributed by atoms with Crippen LogP contribution in [0.3, 0.4) is 0 Å². The third-order valence-electron chi connectivity index (χ3n) is 3.45. The average Bonchev–Trinajstić information content (AvgIpc) is 2.76. The van der Waals surface area contributed by atoms with E-state index in [0.29, 0.717) is 6.54 Å². The molecule has 0 spiro atoms. The van der Waals surface area contributed by atoms with E-state index in [-0.39, 0.29) is 11.9 Å². The summed E-state index contributed by atoms with van der Waals surface area (Å²) in [4.78, 5) is 11.2. The fourth-order valence-electron chi connectivity index (χ4n) is 2.46. The van der Waals surface area contributed by atoms with Crippen molar-refractivity contribution < 1.29 is 9.32 Å². The molecule has 2 N–H and O–H groups in total. The zero-order chi connectivity index (χ0) is 15.4. The second kappa shape index (κ2) is 6.54. The number of nitrogens with zero attached hydrogens (tertiary/aromatic N) is 1. The Bertz CT molecular complexity index is 615. The van der Waals surface area contributed by atoms with Crippen LogP contribution in [0.2, 0.25) is 0 Å². The van der Waals surface area contributed by atoms with Crippen molar-refractivity contribution >= 4 is 11.6 Å². The Morgan fingerprint density at radius 1 is 1.33 bits per heavy atom. The maximum absolute atomic E-state index is 11.2. The van der Waals surface area contributed by atoms with Gasteiger partial charge in [0, 0.05) is 30.8 Å². The van der Waals surface area contributed by atoms with Crippen LogP contribution >= 0.6 is 0 Å². The van der Waals surface area contributed by atoms with E-state index in [1.54, 1.807) is 0 Å². The second-order valence-corrected chi connectivity index (χ2v) is 5.18. The van der Waals surface area contributed by atoms with Gasteiger partial charge in [0.05, 0.1) is 5.69 Å². The molecule has 1 aromatic heterocycles. The molecule has 5 heteroatoms. The van der Waals surface area contributed by atoms with Crippen molar-refractivity contribution in [2.24, 2.45) is 0 Å². The number of aryl methyl sites for hydroxylation is 2. The van der Waals surface area contributed by atoms with Gasteiger partial charge in [0.25, 0.3) is 0 Å². The molecule has 0 fully saturated rings. The molecule has 1 aromatic carbocycles. The molecule has 5 nitrogen and oxygen atoms in total. The number of carbonyl (C=O) groups excluding carboxylic acids is 1. The molecule has 0 aliphatic heterocycles. The molecule has 1 atom stereocenters. The Labute approximate surface area is 124 Å². The normalized spacial score (nSPS) is 12.2. The standard InChI is InChI=1S/C16H21N3O2/c1-10(16-11(2)19-21-12(16)3)17-9-14-7-5-6-8-15(14)18-13(4)20/h5-8,10,17H,9H2,1-4H3,(H,18,20). The fourth-order valence-corrected chi connectivity index (χ4v) is 2.46. The highest BCUT2D eigenvalue weighted by Gasteiger charge is 2.16. The molecule has 0 radical (unpaired) electrons. The third-order valence-corrected chi connectivity index (χ3v) is 3.45. The molecular formula is C16H21N3O2. The number of benzene rings is 1. The topological polar surface area (TPSA) is 67.2 Å². The first-order valence-electron chi connectivity index (χ1n) is 7.00. The van der Waals surface area contributed by atoms with Gasteiger partial charge in [-0.05, 0) is 32.4 Å². The van der Waals surface area contributed by atoms with Gasteiger partial charge in [-0.1, -0.05) is 23.4 Å². The SMILES string of the molecule is CC(=O)Nc1ccccc1CNC(C)c1c(C)noc1C. The number of hydrogen-bond donors (Lipinski definition) is 2. The van der Waals surface area contributed by atoms with E-state index in [0.717, 1.165) is 28.3 Å². The van der Waals surface area contributed by atoms with E-state index in [4.69, 9.17) is 4.52 Å². The summed E-state index contributed by atoms with van der Waals surface area (Å²) in [6.07, 6.45) is 0. The van der Waals surface area contributed by atoms with Crippen molar-refractivity contribution in [3.63, 3.8) is 0 Å². The van der Waals surface area contributed by atoms with Crippen LogP contribution in [0.15, 0.2) is 28.8 Å². The molecule has 1 heterocycles. The molecule has 0 bridgehead atoms. The second-order valence-electron chi connectivity index (χ2n) is 5.18. The van der Waals surface area contributed by atoms with Crippen molar-refractivity contribution in [1.29, 1.82) is 0 Å². The van der Waals surface area contributed by atoms with Crippen molar-refractivity contribution in [2.45, 2.75) is 40.3 Å². The predicted molar refractivity (Wildman–Crippen MR) is 82.0 cm³/mol. The van der Waals surface area contributed by atoms with Gasteiger partial charge in [-0.3, -0.25) is 4.79 Å². The number of hydrogen-bond acceptors (Lipinski definition) is 4. The zero-order valence-electron chi connectivity index (χ0n) is 12.9. The molecule has 2 aromatic rings. The first-order chi connectivity index (χ1) is 9.99. The first kappa shape index (κ1) is 15.3. The Morgan fingerprint density at radius 2 is 2.05 bits per heavy atom. The van der Waals surface area contributed by atoms with Crippen molar-refractivity contribution in [1.82, 2.24) is 10.5 Å². The molecule has 112 valence electrons. The lowest BCUT2D eigenvalue weighted by Gasteiger charge is -2.16. The number of amides is 1. The van der Waals surface area contributed by atoms with E-state index in [1.165, 1.54) is 6.92 Å². The van der Waals surface area contributed by atoms with Crippen LogP contribution in [0.4, 0.5) is 5.69 Å². The summed E-state index contributed by atoms with van der Waals surface area (Å²) in [6, 6.07) is 7.90. The lowest BCUT2D eigenvalue weighted by atomic mass is 10.1. The van der Waals surface area contributed by atoms with E-state index in [1.807, 2.05) is 38.1 Å². The number of para-hydroxylation sites is 1. The third kappa shape index (κ3) is 3.70. The highest BCUT2D eigenvalue weighted by atomic mass is 16.5. The molecule has 1 amide bonds. The van der Waals surface area contributed by atoms with E-state index >= 15 is 0 Å². The monoisotopic (exact) mass is 287 g/mol. The number of nitrogens with one attached hydrogen (secondary N) is 2. The van der Waals surface area contributed by atoms with Crippen LogP contribution in [0.25, 0.3) is 0 Å². The maximum Gasteiger partial charge on any atom is 0.221 e. The van der Waals surface area contributed by atoms with E-state index in [2.05, 4.69) is 22.7 Å². The first-order valence-corrected chi connectivity index (χ1v) is 7.00. The number of rotatable bonds is 5. The quantitative estimate of drug-likeness (QED) is 0.886. The minimum absolute atomic E-state index is 0.0683. The van der Waals surface area contributed by atoms with Crippen LogP contribution in [0.5, 0.6) is 0 Å². The van der Waals surface area contributed by atoms with Gasteiger partial charge >= 0.3 is 0 Å². The number of aromatic nitrogens is 1. The molecule has 0 saturated carbocycles. The van der Waals surface area contributed by atoms with Crippen LogP contribution in [0, 0.1) is 13.8 Å². The molecule has 0 aliphatic rings. The van der Waals surface area contributed by atoms with Crippen molar-refractivity contribution in [3.05, 3.63) is 46.8 Å². The lowest BCUT2D eigenvalue weighted by Crippen LogP contribution is -2.20. The number of carbonyl (C=O) groups is 1. The van der Waals surface area contributed by atoms with Crippen LogP contribution in [-0.2, 0) is 11.3 Å². The zero-order valence-corrected chi connectivity index (χ0v) is 12.9. The van der Waals surface area contributed by atoms with Crippen molar-refractivity contribution in [3.8, 4) is 0 Å². The largest absolute Gasteiger partial charge is 0.361 e. The van der Waals surface area contributed by atoms with Crippen LogP contribution in [0.1, 0.15) is 42.5 Å². The van der Waals surface area contributed by atoms with Gasteiger partial charge in [-0.2, -0.15) is 0 Å². The predicted octanol–water partition coefficient (Wildman–Crippen LogP) is 3.10. The van der Waals surface area contributed by atoms with Gasteiger partial charge in [0.15, 0.2) is 0 Å². The van der Waals surface area contributed by atoms with Gasteiger partial charge in [0.2, 0.25) is 5.91 Å². The summed E-state index contributed by atoms with van der Waals surface area (Å²) in [6.45, 7) is 8.10. The van der Waals surface area contributed by atoms with E-state index in [9.17, 15) is 4.79 Å². The van der Waals surface area contributed by atoms with Gasteiger partial charge in [-0.15, -0.1) is 0 Å². The van der Waals surface area contributed by atoms with Crippen LogP contribution in [-0.4, -0.2) is 11.1 Å². The van der Waals surface area contributed by atoms with Gasteiger partial charge in [-0.25, -0.2) is 0 Å². The summed E-state index contributed by atoms with van der Waals surface area (Å²) in [5, 5.41) is 10.3.